The highest BCUT2D eigenvalue weighted by molar-refractivity contribution is 5.94. The van der Waals surface area contributed by atoms with Crippen LogP contribution in [0.4, 0.5) is 17.5 Å². The lowest BCUT2D eigenvalue weighted by molar-refractivity contribution is 0.101. The quantitative estimate of drug-likeness (QED) is 0.595. The number of rotatable bonds is 7. The van der Waals surface area contributed by atoms with Crippen molar-refractivity contribution in [3.63, 3.8) is 0 Å². The highest BCUT2D eigenvalue weighted by Crippen LogP contribution is 2.23. The van der Waals surface area contributed by atoms with Crippen molar-refractivity contribution in [2.24, 2.45) is 0 Å². The third kappa shape index (κ3) is 4.45. The molecule has 0 amide bonds. The molecule has 5 nitrogen and oxygen atoms in total. The molecule has 5 heteroatoms. The number of aromatic nitrogens is 2. The fourth-order valence-corrected chi connectivity index (χ4v) is 2.52. The largest absolute Gasteiger partial charge is 0.354 e. The van der Waals surface area contributed by atoms with Crippen LogP contribution in [0.2, 0.25) is 0 Å². The third-order valence-corrected chi connectivity index (χ3v) is 3.89. The first-order valence-corrected chi connectivity index (χ1v) is 8.72. The summed E-state index contributed by atoms with van der Waals surface area (Å²) in [5.74, 6) is 1.35. The Bertz CT molecular complexity index is 876. The first-order valence-electron chi connectivity index (χ1n) is 8.72. The minimum absolute atomic E-state index is 0.0519. The minimum atomic E-state index is 0.0519. The molecule has 0 saturated heterocycles. The maximum Gasteiger partial charge on any atom is 0.225 e. The molecule has 3 aromatic rings. The van der Waals surface area contributed by atoms with Gasteiger partial charge >= 0.3 is 0 Å². The smallest absolute Gasteiger partial charge is 0.225 e. The number of carbonyl (C=O) groups excluding carboxylic acids is 1. The highest BCUT2D eigenvalue weighted by atomic mass is 16.1. The van der Waals surface area contributed by atoms with Crippen LogP contribution in [0.1, 0.15) is 30.6 Å². The van der Waals surface area contributed by atoms with Gasteiger partial charge < -0.3 is 10.6 Å². The van der Waals surface area contributed by atoms with E-state index in [1.807, 2.05) is 48.5 Å². The van der Waals surface area contributed by atoms with Crippen molar-refractivity contribution in [2.75, 3.05) is 17.2 Å². The first kappa shape index (κ1) is 17.6. The first-order chi connectivity index (χ1) is 12.7. The molecule has 0 radical (unpaired) electrons. The van der Waals surface area contributed by atoms with Crippen LogP contribution in [0.5, 0.6) is 0 Å². The van der Waals surface area contributed by atoms with Crippen LogP contribution >= 0.6 is 0 Å². The van der Waals surface area contributed by atoms with E-state index in [4.69, 9.17) is 0 Å². The second kappa shape index (κ2) is 8.25. The fourth-order valence-electron chi connectivity index (χ4n) is 2.52. The molecule has 0 aliphatic heterocycles. The van der Waals surface area contributed by atoms with Crippen molar-refractivity contribution < 1.29 is 4.79 Å². The number of anilines is 3. The minimum Gasteiger partial charge on any atom is -0.354 e. The monoisotopic (exact) mass is 346 g/mol. The van der Waals surface area contributed by atoms with E-state index in [1.165, 1.54) is 0 Å². The molecule has 0 fully saturated rings. The average molecular weight is 346 g/mol. The molecular formula is C21H22N4O. The van der Waals surface area contributed by atoms with Gasteiger partial charge in [0.15, 0.2) is 5.78 Å². The Hall–Kier alpha value is -3.21. The predicted octanol–water partition coefficient (Wildman–Crippen LogP) is 4.91. The van der Waals surface area contributed by atoms with Crippen LogP contribution < -0.4 is 10.6 Å². The van der Waals surface area contributed by atoms with Gasteiger partial charge in [0.2, 0.25) is 5.95 Å². The van der Waals surface area contributed by atoms with Gasteiger partial charge in [-0.25, -0.2) is 4.98 Å². The van der Waals surface area contributed by atoms with Crippen molar-refractivity contribution in [1.82, 2.24) is 9.97 Å². The number of nitrogens with one attached hydrogen (secondary N) is 2. The van der Waals surface area contributed by atoms with E-state index < -0.39 is 0 Å². The van der Waals surface area contributed by atoms with E-state index in [0.717, 1.165) is 29.9 Å². The molecule has 3 rings (SSSR count). The van der Waals surface area contributed by atoms with Gasteiger partial charge in [0.1, 0.15) is 5.82 Å². The number of Topliss-reactive ketones (excluding diaryl/α,β-unsaturated/α-hetero) is 1. The lowest BCUT2D eigenvalue weighted by atomic mass is 10.1. The normalized spacial score (nSPS) is 10.4. The molecule has 1 aromatic heterocycles. The number of nitrogens with zero attached hydrogens (tertiary/aromatic N) is 2. The molecule has 0 bridgehead atoms. The van der Waals surface area contributed by atoms with Crippen molar-refractivity contribution in [3.8, 4) is 11.3 Å². The summed E-state index contributed by atoms with van der Waals surface area (Å²) in [6.07, 6.45) is 0.994. The van der Waals surface area contributed by atoms with Crippen LogP contribution in [-0.4, -0.2) is 22.3 Å². The molecule has 2 N–H and O–H groups in total. The summed E-state index contributed by atoms with van der Waals surface area (Å²) in [4.78, 5) is 20.6. The Balaban J connectivity index is 1.90. The maximum absolute atomic E-state index is 11.4. The molecule has 0 atom stereocenters. The number of hydrogen-bond acceptors (Lipinski definition) is 5. The SMILES string of the molecule is CCCNc1nc(Nc2ccc(C(C)=O)cc2)cc(-c2ccccc2)n1. The van der Waals surface area contributed by atoms with Gasteiger partial charge in [0, 0.05) is 29.4 Å². The number of benzene rings is 2. The van der Waals surface area contributed by atoms with Crippen molar-refractivity contribution in [1.29, 1.82) is 0 Å². The van der Waals surface area contributed by atoms with E-state index in [0.29, 0.717) is 17.3 Å². The Labute approximate surface area is 153 Å². The second-order valence-corrected chi connectivity index (χ2v) is 6.01. The summed E-state index contributed by atoms with van der Waals surface area (Å²) in [5, 5.41) is 6.54. The standard InChI is InChI=1S/C21H22N4O/c1-3-13-22-21-24-19(17-7-5-4-6-8-17)14-20(25-21)23-18-11-9-16(10-12-18)15(2)26/h4-12,14H,3,13H2,1-2H3,(H2,22,23,24,25). The van der Waals surface area contributed by atoms with E-state index in [2.05, 4.69) is 27.5 Å². The van der Waals surface area contributed by atoms with Crippen LogP contribution in [0.15, 0.2) is 60.7 Å². The Morgan fingerprint density at radius 3 is 2.38 bits per heavy atom. The number of hydrogen-bond donors (Lipinski definition) is 2. The lowest BCUT2D eigenvalue weighted by Crippen LogP contribution is -2.07. The zero-order chi connectivity index (χ0) is 18.4. The topological polar surface area (TPSA) is 66.9 Å². The summed E-state index contributed by atoms with van der Waals surface area (Å²) in [7, 11) is 0. The molecule has 1 heterocycles. The predicted molar refractivity (Wildman–Crippen MR) is 106 cm³/mol. The Morgan fingerprint density at radius 1 is 1.00 bits per heavy atom. The fraction of sp³-hybridized carbons (Fsp3) is 0.190. The Morgan fingerprint density at radius 2 is 1.73 bits per heavy atom. The van der Waals surface area contributed by atoms with E-state index >= 15 is 0 Å². The molecule has 0 unspecified atom stereocenters. The summed E-state index contributed by atoms with van der Waals surface area (Å²) in [6, 6.07) is 19.3. The average Bonchev–Trinajstić information content (AvgIpc) is 2.67. The third-order valence-electron chi connectivity index (χ3n) is 3.89. The van der Waals surface area contributed by atoms with Gasteiger partial charge in [-0.1, -0.05) is 37.3 Å². The van der Waals surface area contributed by atoms with E-state index in [1.54, 1.807) is 19.1 Å². The zero-order valence-corrected chi connectivity index (χ0v) is 15.0. The molecule has 0 spiro atoms. The molecular weight excluding hydrogens is 324 g/mol. The van der Waals surface area contributed by atoms with Crippen LogP contribution in [0.3, 0.4) is 0 Å². The van der Waals surface area contributed by atoms with Crippen LogP contribution in [0, 0.1) is 0 Å². The van der Waals surface area contributed by atoms with Gasteiger partial charge in [0.25, 0.3) is 0 Å². The molecule has 26 heavy (non-hydrogen) atoms. The van der Waals surface area contributed by atoms with E-state index in [9.17, 15) is 4.79 Å². The van der Waals surface area contributed by atoms with Gasteiger partial charge in [-0.05, 0) is 37.6 Å². The molecule has 0 aliphatic carbocycles. The van der Waals surface area contributed by atoms with Crippen molar-refractivity contribution in [3.05, 3.63) is 66.2 Å². The van der Waals surface area contributed by atoms with Gasteiger partial charge in [0.05, 0.1) is 5.69 Å². The summed E-state index contributed by atoms with van der Waals surface area (Å²) < 4.78 is 0. The van der Waals surface area contributed by atoms with Gasteiger partial charge in [-0.15, -0.1) is 0 Å². The summed E-state index contributed by atoms with van der Waals surface area (Å²) in [5.41, 5.74) is 3.44. The van der Waals surface area contributed by atoms with Crippen LogP contribution in [0.25, 0.3) is 11.3 Å². The number of carbonyl (C=O) groups is 1. The summed E-state index contributed by atoms with van der Waals surface area (Å²) >= 11 is 0. The molecule has 132 valence electrons. The summed E-state index contributed by atoms with van der Waals surface area (Å²) in [6.45, 7) is 4.47. The van der Waals surface area contributed by atoms with Gasteiger partial charge in [-0.2, -0.15) is 4.98 Å². The Kier molecular flexibility index (Phi) is 5.59. The van der Waals surface area contributed by atoms with E-state index in [-0.39, 0.29) is 5.78 Å². The van der Waals surface area contributed by atoms with Crippen LogP contribution in [-0.2, 0) is 0 Å². The lowest BCUT2D eigenvalue weighted by Gasteiger charge is -2.11. The number of ketones is 1. The molecule has 0 saturated carbocycles. The maximum atomic E-state index is 11.4. The van der Waals surface area contributed by atoms with Gasteiger partial charge in [-0.3, -0.25) is 4.79 Å². The zero-order valence-electron chi connectivity index (χ0n) is 15.0. The molecule has 0 aliphatic rings. The van der Waals surface area contributed by atoms with Crippen molar-refractivity contribution >= 4 is 23.2 Å². The van der Waals surface area contributed by atoms with Crippen molar-refractivity contribution in [2.45, 2.75) is 20.3 Å². The molecule has 2 aromatic carbocycles. The second-order valence-electron chi connectivity index (χ2n) is 6.01. The highest BCUT2D eigenvalue weighted by Gasteiger charge is 2.07.